The maximum Gasteiger partial charge on any atom is 0.257 e. The average Bonchev–Trinajstić information content (AvgIpc) is 2.76. The van der Waals surface area contributed by atoms with Crippen LogP contribution in [0.2, 0.25) is 5.02 Å². The molecule has 0 saturated carbocycles. The summed E-state index contributed by atoms with van der Waals surface area (Å²) >= 11 is 5.85. The Morgan fingerprint density at radius 2 is 2.00 bits per heavy atom. The Balaban J connectivity index is 1.74. The van der Waals surface area contributed by atoms with Crippen molar-refractivity contribution < 1.29 is 14.3 Å². The van der Waals surface area contributed by atoms with Gasteiger partial charge in [0.2, 0.25) is 5.91 Å². The minimum Gasteiger partial charge on any atom is -0.491 e. The molecule has 0 aromatic heterocycles. The fourth-order valence-electron chi connectivity index (χ4n) is 2.73. The van der Waals surface area contributed by atoms with Crippen LogP contribution in [0.4, 0.5) is 5.69 Å². The monoisotopic (exact) mass is 358 g/mol. The molecule has 130 valence electrons. The smallest absolute Gasteiger partial charge is 0.257 e. The van der Waals surface area contributed by atoms with Crippen LogP contribution in [0, 0.1) is 0 Å². The first-order chi connectivity index (χ1) is 12.1. The molecule has 2 aromatic rings. The molecular formula is C19H19ClN2O3. The largest absolute Gasteiger partial charge is 0.491 e. The molecule has 2 aromatic carbocycles. The van der Waals surface area contributed by atoms with E-state index in [1.807, 2.05) is 19.1 Å². The van der Waals surface area contributed by atoms with Crippen LogP contribution in [0.1, 0.15) is 22.8 Å². The van der Waals surface area contributed by atoms with Crippen LogP contribution in [-0.4, -0.2) is 36.4 Å². The van der Waals surface area contributed by atoms with Gasteiger partial charge in [-0.15, -0.1) is 0 Å². The van der Waals surface area contributed by atoms with E-state index in [1.54, 1.807) is 35.2 Å². The third-order valence-electron chi connectivity index (χ3n) is 4.06. The molecular weight excluding hydrogens is 340 g/mol. The van der Waals surface area contributed by atoms with Crippen molar-refractivity contribution in [3.63, 3.8) is 0 Å². The molecule has 0 radical (unpaired) electrons. The molecule has 1 heterocycles. The Labute approximate surface area is 151 Å². The van der Waals surface area contributed by atoms with E-state index in [1.165, 1.54) is 0 Å². The molecule has 0 unspecified atom stereocenters. The van der Waals surface area contributed by atoms with Crippen molar-refractivity contribution in [2.24, 2.45) is 0 Å². The van der Waals surface area contributed by atoms with Crippen molar-refractivity contribution >= 4 is 29.1 Å². The zero-order chi connectivity index (χ0) is 17.8. The van der Waals surface area contributed by atoms with E-state index in [0.29, 0.717) is 41.7 Å². The van der Waals surface area contributed by atoms with Gasteiger partial charge in [0.1, 0.15) is 12.4 Å². The van der Waals surface area contributed by atoms with Gasteiger partial charge in [-0.05, 0) is 42.8 Å². The first-order valence-corrected chi connectivity index (χ1v) is 8.55. The molecule has 0 aliphatic carbocycles. The van der Waals surface area contributed by atoms with Gasteiger partial charge in [-0.1, -0.05) is 23.7 Å². The molecule has 25 heavy (non-hydrogen) atoms. The summed E-state index contributed by atoms with van der Waals surface area (Å²) in [7, 11) is 0. The van der Waals surface area contributed by atoms with Gasteiger partial charge in [-0.2, -0.15) is 0 Å². The van der Waals surface area contributed by atoms with Crippen LogP contribution in [0.3, 0.4) is 0 Å². The minimum absolute atomic E-state index is 0.0798. The molecule has 1 N–H and O–H groups in total. The summed E-state index contributed by atoms with van der Waals surface area (Å²) < 4.78 is 5.63. The van der Waals surface area contributed by atoms with Gasteiger partial charge in [-0.25, -0.2) is 0 Å². The third-order valence-corrected chi connectivity index (χ3v) is 4.31. The summed E-state index contributed by atoms with van der Waals surface area (Å²) in [5, 5.41) is 3.46. The number of likely N-dealkylation sites (N-methyl/N-ethyl adjacent to an activating group) is 1. The number of hydrogen-bond acceptors (Lipinski definition) is 3. The van der Waals surface area contributed by atoms with Gasteiger partial charge in [-0.3, -0.25) is 9.59 Å². The number of benzene rings is 2. The van der Waals surface area contributed by atoms with Crippen molar-refractivity contribution in [1.82, 2.24) is 4.90 Å². The van der Waals surface area contributed by atoms with Gasteiger partial charge in [0.05, 0.1) is 18.5 Å². The Hall–Kier alpha value is -2.53. The van der Waals surface area contributed by atoms with Crippen molar-refractivity contribution in [1.29, 1.82) is 0 Å². The van der Waals surface area contributed by atoms with E-state index in [-0.39, 0.29) is 18.2 Å². The van der Waals surface area contributed by atoms with Crippen molar-refractivity contribution in [2.75, 3.05) is 25.0 Å². The zero-order valence-electron chi connectivity index (χ0n) is 13.9. The predicted molar refractivity (Wildman–Crippen MR) is 97.3 cm³/mol. The molecule has 0 fully saturated rings. The summed E-state index contributed by atoms with van der Waals surface area (Å²) in [4.78, 5) is 26.5. The number of nitrogens with zero attached hydrogens (tertiary/aromatic N) is 1. The van der Waals surface area contributed by atoms with Gasteiger partial charge >= 0.3 is 0 Å². The number of amides is 2. The lowest BCUT2D eigenvalue weighted by Crippen LogP contribution is -2.32. The molecule has 1 aliphatic rings. The standard InChI is InChI=1S/C19H19ClN2O3/c1-2-22-9-10-25-17-8-7-15(12-16(17)19(22)24)21-18(23)11-13-3-5-14(20)6-4-13/h3-8,12H,2,9-11H2,1H3,(H,21,23). The summed E-state index contributed by atoms with van der Waals surface area (Å²) in [6.45, 7) is 3.58. The van der Waals surface area contributed by atoms with E-state index in [9.17, 15) is 9.59 Å². The fourth-order valence-corrected chi connectivity index (χ4v) is 2.86. The third kappa shape index (κ3) is 4.12. The molecule has 0 bridgehead atoms. The van der Waals surface area contributed by atoms with Crippen molar-refractivity contribution in [2.45, 2.75) is 13.3 Å². The van der Waals surface area contributed by atoms with Crippen molar-refractivity contribution in [3.05, 3.63) is 58.6 Å². The number of anilines is 1. The molecule has 0 saturated heterocycles. The van der Waals surface area contributed by atoms with E-state index >= 15 is 0 Å². The number of fused-ring (bicyclic) bond motifs is 1. The first-order valence-electron chi connectivity index (χ1n) is 8.17. The Kier molecular flexibility index (Phi) is 5.24. The van der Waals surface area contributed by atoms with Gasteiger partial charge < -0.3 is 15.0 Å². The molecule has 1 aliphatic heterocycles. The molecule has 0 spiro atoms. The predicted octanol–water partition coefficient (Wildman–Crippen LogP) is 3.38. The van der Waals surface area contributed by atoms with Gasteiger partial charge in [0, 0.05) is 17.3 Å². The number of carbonyl (C=O) groups excluding carboxylic acids is 2. The van der Waals surface area contributed by atoms with Gasteiger partial charge in [0.15, 0.2) is 0 Å². The van der Waals surface area contributed by atoms with E-state index < -0.39 is 0 Å². The molecule has 3 rings (SSSR count). The summed E-state index contributed by atoms with van der Waals surface area (Å²) in [6, 6.07) is 12.3. The second-order valence-corrected chi connectivity index (χ2v) is 6.23. The van der Waals surface area contributed by atoms with E-state index in [2.05, 4.69) is 5.32 Å². The lowest BCUT2D eigenvalue weighted by atomic mass is 10.1. The molecule has 6 heteroatoms. The van der Waals surface area contributed by atoms with Crippen LogP contribution in [0.25, 0.3) is 0 Å². The number of nitrogens with one attached hydrogen (secondary N) is 1. The average molecular weight is 359 g/mol. The van der Waals surface area contributed by atoms with E-state index in [4.69, 9.17) is 16.3 Å². The normalized spacial score (nSPS) is 13.7. The van der Waals surface area contributed by atoms with Crippen molar-refractivity contribution in [3.8, 4) is 5.75 Å². The van der Waals surface area contributed by atoms with Crippen LogP contribution in [0.5, 0.6) is 5.75 Å². The summed E-state index contributed by atoms with van der Waals surface area (Å²) in [5.41, 5.74) is 1.92. The Morgan fingerprint density at radius 1 is 1.24 bits per heavy atom. The number of carbonyl (C=O) groups is 2. The Bertz CT molecular complexity index is 790. The lowest BCUT2D eigenvalue weighted by Gasteiger charge is -2.17. The van der Waals surface area contributed by atoms with E-state index in [0.717, 1.165) is 5.56 Å². The highest BCUT2D eigenvalue weighted by molar-refractivity contribution is 6.30. The van der Waals surface area contributed by atoms with Crippen LogP contribution in [0.15, 0.2) is 42.5 Å². The van der Waals surface area contributed by atoms with Crippen LogP contribution < -0.4 is 10.1 Å². The maximum absolute atomic E-state index is 12.5. The molecule has 5 nitrogen and oxygen atoms in total. The molecule has 2 amide bonds. The van der Waals surface area contributed by atoms with Crippen LogP contribution >= 0.6 is 11.6 Å². The summed E-state index contributed by atoms with van der Waals surface area (Å²) in [6.07, 6.45) is 0.236. The van der Waals surface area contributed by atoms with Crippen LogP contribution in [-0.2, 0) is 11.2 Å². The summed E-state index contributed by atoms with van der Waals surface area (Å²) in [5.74, 6) is 0.317. The second-order valence-electron chi connectivity index (χ2n) is 5.80. The highest BCUT2D eigenvalue weighted by Gasteiger charge is 2.23. The maximum atomic E-state index is 12.5. The fraction of sp³-hybridized carbons (Fsp3) is 0.263. The number of halogens is 1. The quantitative estimate of drug-likeness (QED) is 0.911. The Morgan fingerprint density at radius 3 is 2.72 bits per heavy atom. The SMILES string of the molecule is CCN1CCOc2ccc(NC(=O)Cc3ccc(Cl)cc3)cc2C1=O. The highest BCUT2D eigenvalue weighted by atomic mass is 35.5. The number of rotatable bonds is 4. The number of ether oxygens (including phenoxy) is 1. The minimum atomic E-state index is -0.156. The van der Waals surface area contributed by atoms with Gasteiger partial charge in [0.25, 0.3) is 5.91 Å². The molecule has 0 atom stereocenters. The topological polar surface area (TPSA) is 58.6 Å². The lowest BCUT2D eigenvalue weighted by molar-refractivity contribution is -0.115. The zero-order valence-corrected chi connectivity index (χ0v) is 14.7. The highest BCUT2D eigenvalue weighted by Crippen LogP contribution is 2.26. The second kappa shape index (κ2) is 7.57. The first kappa shape index (κ1) is 17.3. The number of hydrogen-bond donors (Lipinski definition) is 1.